The van der Waals surface area contributed by atoms with E-state index >= 15 is 0 Å². The van der Waals surface area contributed by atoms with Crippen LogP contribution >= 0.6 is 23.1 Å². The summed E-state index contributed by atoms with van der Waals surface area (Å²) in [5.41, 5.74) is 3.45. The summed E-state index contributed by atoms with van der Waals surface area (Å²) >= 11 is 7.39. The van der Waals surface area contributed by atoms with Crippen molar-refractivity contribution in [1.82, 2.24) is 4.37 Å². The summed E-state index contributed by atoms with van der Waals surface area (Å²) in [5, 5.41) is 6.20. The van der Waals surface area contributed by atoms with E-state index in [-0.39, 0.29) is 11.8 Å². The van der Waals surface area contributed by atoms with Gasteiger partial charge in [-0.15, -0.1) is 0 Å². The highest BCUT2D eigenvalue weighted by molar-refractivity contribution is 7.07. The first-order chi connectivity index (χ1) is 15.9. The molecule has 0 bridgehead atoms. The molecule has 1 fully saturated rings. The Morgan fingerprint density at radius 3 is 2.55 bits per heavy atom. The van der Waals surface area contributed by atoms with Crippen LogP contribution in [0.4, 0.5) is 16.2 Å². The van der Waals surface area contributed by atoms with Crippen molar-refractivity contribution < 1.29 is 14.3 Å². The Morgan fingerprint density at radius 1 is 1.12 bits per heavy atom. The zero-order chi connectivity index (χ0) is 23.4. The van der Waals surface area contributed by atoms with Crippen LogP contribution in [0.2, 0.25) is 5.02 Å². The van der Waals surface area contributed by atoms with E-state index in [9.17, 15) is 9.59 Å². The summed E-state index contributed by atoms with van der Waals surface area (Å²) in [4.78, 5) is 25.0. The lowest BCUT2D eigenvalue weighted by atomic mass is 10.1. The SMILES string of the molecule is Cc1nsc(C#Cc2ccc(NC(=O)C3CC3)cc2)c1NC(=O)OC(C)c1ccccc1Cl. The Kier molecular flexibility index (Phi) is 6.97. The summed E-state index contributed by atoms with van der Waals surface area (Å²) in [6.45, 7) is 3.56. The highest BCUT2D eigenvalue weighted by atomic mass is 35.5. The third-order valence-corrected chi connectivity index (χ3v) is 6.34. The molecule has 1 saturated carbocycles. The summed E-state index contributed by atoms with van der Waals surface area (Å²) in [7, 11) is 0. The van der Waals surface area contributed by atoms with E-state index < -0.39 is 12.2 Å². The molecule has 1 atom stereocenters. The molecule has 1 aromatic heterocycles. The van der Waals surface area contributed by atoms with Gasteiger partial charge < -0.3 is 10.1 Å². The fraction of sp³-hybridized carbons (Fsp3) is 0.240. The van der Waals surface area contributed by atoms with Crippen LogP contribution in [0.5, 0.6) is 0 Å². The monoisotopic (exact) mass is 479 g/mol. The average Bonchev–Trinajstić information content (AvgIpc) is 3.59. The molecule has 2 aromatic carbocycles. The van der Waals surface area contributed by atoms with Crippen molar-refractivity contribution >= 4 is 46.5 Å². The van der Waals surface area contributed by atoms with Gasteiger partial charge in [-0.2, -0.15) is 4.37 Å². The third-order valence-electron chi connectivity index (χ3n) is 5.14. The zero-order valence-electron chi connectivity index (χ0n) is 18.1. The van der Waals surface area contributed by atoms with Crippen molar-refractivity contribution in [3.8, 4) is 11.8 Å². The average molecular weight is 480 g/mol. The van der Waals surface area contributed by atoms with Crippen LogP contribution in [0, 0.1) is 24.7 Å². The van der Waals surface area contributed by atoms with E-state index in [4.69, 9.17) is 16.3 Å². The molecule has 8 heteroatoms. The number of aryl methyl sites for hydroxylation is 1. The van der Waals surface area contributed by atoms with Crippen LogP contribution in [-0.4, -0.2) is 16.4 Å². The molecular formula is C25H22ClN3O3S. The minimum absolute atomic E-state index is 0.0698. The van der Waals surface area contributed by atoms with Gasteiger partial charge >= 0.3 is 6.09 Å². The Morgan fingerprint density at radius 2 is 1.85 bits per heavy atom. The van der Waals surface area contributed by atoms with E-state index in [2.05, 4.69) is 26.8 Å². The molecule has 168 valence electrons. The second-order valence-electron chi connectivity index (χ2n) is 7.76. The molecule has 3 aromatic rings. The quantitative estimate of drug-likeness (QED) is 0.429. The van der Waals surface area contributed by atoms with Gasteiger partial charge in [-0.1, -0.05) is 35.7 Å². The van der Waals surface area contributed by atoms with Gasteiger partial charge in [0, 0.05) is 27.8 Å². The number of hydrogen-bond donors (Lipinski definition) is 2. The van der Waals surface area contributed by atoms with Crippen LogP contribution in [0.3, 0.4) is 0 Å². The van der Waals surface area contributed by atoms with Crippen molar-refractivity contribution in [3.63, 3.8) is 0 Å². The van der Waals surface area contributed by atoms with Gasteiger partial charge in [-0.25, -0.2) is 4.79 Å². The van der Waals surface area contributed by atoms with Crippen LogP contribution in [0.25, 0.3) is 0 Å². The molecular weight excluding hydrogens is 458 g/mol. The van der Waals surface area contributed by atoms with Crippen LogP contribution in [0.1, 0.15) is 47.6 Å². The van der Waals surface area contributed by atoms with Crippen molar-refractivity contribution in [2.45, 2.75) is 32.8 Å². The molecule has 0 spiro atoms. The molecule has 0 radical (unpaired) electrons. The number of benzene rings is 2. The van der Waals surface area contributed by atoms with Crippen LogP contribution in [-0.2, 0) is 9.53 Å². The maximum atomic E-state index is 12.5. The Bertz CT molecular complexity index is 1240. The molecule has 0 aliphatic heterocycles. The minimum Gasteiger partial charge on any atom is -0.441 e. The lowest BCUT2D eigenvalue weighted by Crippen LogP contribution is -2.17. The van der Waals surface area contributed by atoms with Crippen molar-refractivity contribution in [1.29, 1.82) is 0 Å². The van der Waals surface area contributed by atoms with E-state index in [0.717, 1.165) is 29.7 Å². The number of hydrogen-bond acceptors (Lipinski definition) is 5. The van der Waals surface area contributed by atoms with E-state index in [1.807, 2.05) is 42.5 Å². The van der Waals surface area contributed by atoms with Crippen LogP contribution < -0.4 is 10.6 Å². The number of halogens is 1. The summed E-state index contributed by atoms with van der Waals surface area (Å²) in [6.07, 6.45) is 0.808. The molecule has 1 heterocycles. The fourth-order valence-electron chi connectivity index (χ4n) is 3.12. The summed E-state index contributed by atoms with van der Waals surface area (Å²) < 4.78 is 9.79. The first-order valence-corrected chi connectivity index (χ1v) is 11.7. The number of aromatic nitrogens is 1. The molecule has 4 rings (SSSR count). The molecule has 1 aliphatic carbocycles. The Labute approximate surface area is 201 Å². The summed E-state index contributed by atoms with van der Waals surface area (Å²) in [6, 6.07) is 14.6. The van der Waals surface area contributed by atoms with Crippen molar-refractivity contribution in [2.75, 3.05) is 10.6 Å². The molecule has 33 heavy (non-hydrogen) atoms. The van der Waals surface area contributed by atoms with Gasteiger partial charge in [-0.05, 0) is 74.5 Å². The molecule has 1 aliphatic rings. The lowest BCUT2D eigenvalue weighted by molar-refractivity contribution is -0.117. The number of anilines is 2. The van der Waals surface area contributed by atoms with Gasteiger partial charge in [-0.3, -0.25) is 10.1 Å². The smallest absolute Gasteiger partial charge is 0.412 e. The highest BCUT2D eigenvalue weighted by Crippen LogP contribution is 2.30. The summed E-state index contributed by atoms with van der Waals surface area (Å²) in [5.74, 6) is 6.37. The molecule has 6 nitrogen and oxygen atoms in total. The van der Waals surface area contributed by atoms with E-state index in [1.165, 1.54) is 11.5 Å². The number of rotatable bonds is 5. The maximum Gasteiger partial charge on any atom is 0.412 e. The molecule has 1 unspecified atom stereocenters. The predicted molar refractivity (Wildman–Crippen MR) is 131 cm³/mol. The molecule has 2 amide bonds. The van der Waals surface area contributed by atoms with Crippen molar-refractivity contribution in [2.24, 2.45) is 5.92 Å². The number of nitrogens with zero attached hydrogens (tertiary/aromatic N) is 1. The third kappa shape index (κ3) is 5.92. The second-order valence-corrected chi connectivity index (χ2v) is 8.94. The predicted octanol–water partition coefficient (Wildman–Crippen LogP) is 6.16. The molecule has 2 N–H and O–H groups in total. The fourth-order valence-corrected chi connectivity index (χ4v) is 4.11. The Balaban J connectivity index is 1.41. The standard InChI is InChI=1S/C25H22ClN3O3S/c1-15-23(28-25(31)32-16(2)20-5-3-4-6-21(20)26)22(33-29-15)14-9-17-7-12-19(13-8-17)27-24(30)18-10-11-18/h3-8,12-13,16,18H,10-11H2,1-2H3,(H,27,30)(H,28,31). The van der Waals surface area contributed by atoms with Crippen LogP contribution in [0.15, 0.2) is 48.5 Å². The first kappa shape index (κ1) is 22.8. The lowest BCUT2D eigenvalue weighted by Gasteiger charge is -2.15. The highest BCUT2D eigenvalue weighted by Gasteiger charge is 2.29. The largest absolute Gasteiger partial charge is 0.441 e. The normalized spacial score (nSPS) is 13.4. The first-order valence-electron chi connectivity index (χ1n) is 10.5. The van der Waals surface area contributed by atoms with Gasteiger partial charge in [0.1, 0.15) is 11.0 Å². The number of carbonyl (C=O) groups excluding carboxylic acids is 2. The van der Waals surface area contributed by atoms with Gasteiger partial charge in [0.05, 0.1) is 11.4 Å². The maximum absolute atomic E-state index is 12.5. The van der Waals surface area contributed by atoms with Crippen molar-refractivity contribution in [3.05, 3.63) is 75.3 Å². The number of nitrogens with one attached hydrogen (secondary N) is 2. The number of amides is 2. The minimum atomic E-state index is -0.607. The van der Waals surface area contributed by atoms with E-state index in [0.29, 0.717) is 21.3 Å². The van der Waals surface area contributed by atoms with E-state index in [1.54, 1.807) is 19.9 Å². The zero-order valence-corrected chi connectivity index (χ0v) is 19.7. The number of ether oxygens (including phenoxy) is 1. The second kappa shape index (κ2) is 10.1. The topological polar surface area (TPSA) is 80.3 Å². The number of carbonyl (C=O) groups is 2. The Hall–Kier alpha value is -3.34. The van der Waals surface area contributed by atoms with Gasteiger partial charge in [0.15, 0.2) is 0 Å². The van der Waals surface area contributed by atoms with Gasteiger partial charge in [0.25, 0.3) is 0 Å². The van der Waals surface area contributed by atoms with Gasteiger partial charge in [0.2, 0.25) is 5.91 Å². The molecule has 0 saturated heterocycles.